The van der Waals surface area contributed by atoms with E-state index in [4.69, 9.17) is 9.84 Å². The number of aliphatic carboxylic acids is 1. The zero-order valence-electron chi connectivity index (χ0n) is 19.7. The van der Waals surface area contributed by atoms with Crippen LogP contribution in [0.5, 0.6) is 11.5 Å². The van der Waals surface area contributed by atoms with E-state index in [1.165, 1.54) is 24.3 Å². The first-order chi connectivity index (χ1) is 17.1. The predicted octanol–water partition coefficient (Wildman–Crippen LogP) is 6.27. The second kappa shape index (κ2) is 10.0. The first-order valence-electron chi connectivity index (χ1n) is 11.2. The Kier molecular flexibility index (Phi) is 6.87. The van der Waals surface area contributed by atoms with Crippen molar-refractivity contribution in [3.63, 3.8) is 0 Å². The molecular weight excluding hydrogens is 466 g/mol. The van der Waals surface area contributed by atoms with Gasteiger partial charge in [-0.05, 0) is 79.4 Å². The summed E-state index contributed by atoms with van der Waals surface area (Å²) >= 11 is 0. The fraction of sp³-hybridized carbons (Fsp3) is 0.143. The normalized spacial score (nSPS) is 10.9. The van der Waals surface area contributed by atoms with E-state index < -0.39 is 23.5 Å². The maximum absolute atomic E-state index is 14.4. The average molecular weight is 491 g/mol. The van der Waals surface area contributed by atoms with Gasteiger partial charge in [-0.15, -0.1) is 0 Å². The molecule has 184 valence electrons. The zero-order valence-corrected chi connectivity index (χ0v) is 19.7. The Morgan fingerprint density at radius 3 is 2.50 bits per heavy atom. The number of carbonyl (C=O) groups is 2. The minimum Gasteiger partial charge on any atom is -0.481 e. The van der Waals surface area contributed by atoms with Gasteiger partial charge in [0.15, 0.2) is 0 Å². The van der Waals surface area contributed by atoms with Gasteiger partial charge >= 0.3 is 5.97 Å². The molecule has 4 aromatic rings. The number of rotatable bonds is 8. The minimum atomic E-state index is -0.872. The Balaban J connectivity index is 1.50. The lowest BCUT2D eigenvalue weighted by Crippen LogP contribution is -2.22. The summed E-state index contributed by atoms with van der Waals surface area (Å²) in [6.07, 6.45) is 0.424. The largest absolute Gasteiger partial charge is 0.481 e. The summed E-state index contributed by atoms with van der Waals surface area (Å²) in [6.45, 7) is 7.42. The molecule has 3 N–H and O–H groups in total. The molecule has 0 aliphatic heterocycles. The minimum absolute atomic E-state index is 0.0249. The van der Waals surface area contributed by atoms with Gasteiger partial charge in [-0.2, -0.15) is 0 Å². The van der Waals surface area contributed by atoms with Crippen molar-refractivity contribution in [3.8, 4) is 11.5 Å². The molecule has 6 nitrogen and oxygen atoms in total. The van der Waals surface area contributed by atoms with Crippen molar-refractivity contribution in [3.05, 3.63) is 101 Å². The topological polar surface area (TPSA) is 91.4 Å². The van der Waals surface area contributed by atoms with E-state index in [1.807, 2.05) is 6.92 Å². The molecule has 4 rings (SSSR count). The SMILES string of the molecule is C=C(NC(=O)c1[nH]c2ccc(F)cc2c1C)c1cc(F)cc(Oc2ccc(CCC(=O)O)c(C)c2)c1. The highest BCUT2D eigenvalue weighted by molar-refractivity contribution is 6.04. The maximum Gasteiger partial charge on any atom is 0.303 e. The highest BCUT2D eigenvalue weighted by Gasteiger charge is 2.17. The van der Waals surface area contributed by atoms with Crippen LogP contribution in [0, 0.1) is 25.5 Å². The molecule has 8 heteroatoms. The first kappa shape index (κ1) is 24.7. The highest BCUT2D eigenvalue weighted by atomic mass is 19.1. The average Bonchev–Trinajstić information content (AvgIpc) is 3.14. The van der Waals surface area contributed by atoms with Gasteiger partial charge in [0.2, 0.25) is 0 Å². The Morgan fingerprint density at radius 2 is 1.78 bits per heavy atom. The van der Waals surface area contributed by atoms with Crippen molar-refractivity contribution in [2.24, 2.45) is 0 Å². The number of benzene rings is 3. The third-order valence-corrected chi connectivity index (χ3v) is 5.89. The van der Waals surface area contributed by atoms with Crippen LogP contribution in [-0.4, -0.2) is 22.0 Å². The van der Waals surface area contributed by atoms with Crippen LogP contribution >= 0.6 is 0 Å². The van der Waals surface area contributed by atoms with E-state index in [-0.39, 0.29) is 23.6 Å². The van der Waals surface area contributed by atoms with Gasteiger partial charge in [0.1, 0.15) is 28.8 Å². The first-order valence-corrected chi connectivity index (χ1v) is 11.2. The number of aryl methyl sites for hydroxylation is 3. The van der Waals surface area contributed by atoms with Crippen LogP contribution in [0.25, 0.3) is 16.6 Å². The summed E-state index contributed by atoms with van der Waals surface area (Å²) < 4.78 is 33.8. The number of carboxylic acid groups (broad SMARTS) is 1. The lowest BCUT2D eigenvalue weighted by atomic mass is 10.0. The molecule has 0 aliphatic rings. The highest BCUT2D eigenvalue weighted by Crippen LogP contribution is 2.28. The standard InChI is InChI=1S/C28H24F2N2O4/c1-15-10-22(7-4-18(15)5-9-26(33)34)36-23-12-19(11-21(30)13-23)17(3)31-28(35)27-16(2)24-14-20(29)6-8-25(24)32-27/h4,6-8,10-14,32H,3,5,9H2,1-2H3,(H,31,35)(H,33,34). The molecule has 0 radical (unpaired) electrons. The van der Waals surface area contributed by atoms with Crippen molar-refractivity contribution >= 4 is 28.5 Å². The number of carboxylic acids is 1. The van der Waals surface area contributed by atoms with Crippen LogP contribution in [0.15, 0.2) is 61.2 Å². The Morgan fingerprint density at radius 1 is 1.00 bits per heavy atom. The lowest BCUT2D eigenvalue weighted by Gasteiger charge is -2.13. The summed E-state index contributed by atoms with van der Waals surface area (Å²) in [5.74, 6) is -1.69. The van der Waals surface area contributed by atoms with Crippen molar-refractivity contribution in [2.45, 2.75) is 26.7 Å². The van der Waals surface area contributed by atoms with E-state index in [1.54, 1.807) is 37.3 Å². The fourth-order valence-corrected chi connectivity index (χ4v) is 3.98. The Hall–Kier alpha value is -4.46. The molecule has 1 heterocycles. The van der Waals surface area contributed by atoms with Gasteiger partial charge in [0.25, 0.3) is 5.91 Å². The molecule has 0 aliphatic carbocycles. The summed E-state index contributed by atoms with van der Waals surface area (Å²) in [6, 6.07) is 13.4. The Labute approximate surface area is 206 Å². The molecule has 1 aromatic heterocycles. The third kappa shape index (κ3) is 5.43. The van der Waals surface area contributed by atoms with Crippen molar-refractivity contribution in [2.75, 3.05) is 0 Å². The number of hydrogen-bond acceptors (Lipinski definition) is 3. The molecule has 3 aromatic carbocycles. The summed E-state index contributed by atoms with van der Waals surface area (Å²) in [7, 11) is 0. The molecule has 36 heavy (non-hydrogen) atoms. The van der Waals surface area contributed by atoms with Gasteiger partial charge in [-0.3, -0.25) is 9.59 Å². The number of aromatic nitrogens is 1. The summed E-state index contributed by atoms with van der Waals surface area (Å²) in [5, 5.41) is 12.1. The molecule has 0 bridgehead atoms. The van der Waals surface area contributed by atoms with E-state index in [0.717, 1.165) is 11.1 Å². The Bertz CT molecular complexity index is 1510. The van der Waals surface area contributed by atoms with Gasteiger partial charge < -0.3 is 20.1 Å². The van der Waals surface area contributed by atoms with E-state index in [2.05, 4.69) is 16.9 Å². The number of ether oxygens (including phenoxy) is 1. The number of nitrogens with one attached hydrogen (secondary N) is 2. The van der Waals surface area contributed by atoms with Crippen LogP contribution < -0.4 is 10.1 Å². The van der Waals surface area contributed by atoms with E-state index in [0.29, 0.717) is 34.2 Å². The predicted molar refractivity (Wildman–Crippen MR) is 133 cm³/mol. The zero-order chi connectivity index (χ0) is 26.0. The van der Waals surface area contributed by atoms with Crippen LogP contribution in [0.4, 0.5) is 8.78 Å². The molecule has 1 amide bonds. The van der Waals surface area contributed by atoms with Crippen molar-refractivity contribution in [1.29, 1.82) is 0 Å². The number of hydrogen-bond donors (Lipinski definition) is 3. The maximum atomic E-state index is 14.4. The van der Waals surface area contributed by atoms with E-state index >= 15 is 0 Å². The van der Waals surface area contributed by atoms with Gasteiger partial charge in [0.05, 0.1) is 0 Å². The fourth-order valence-electron chi connectivity index (χ4n) is 3.98. The van der Waals surface area contributed by atoms with Crippen molar-refractivity contribution in [1.82, 2.24) is 10.3 Å². The monoisotopic (exact) mass is 490 g/mol. The number of aromatic amines is 1. The molecule has 0 unspecified atom stereocenters. The molecule has 0 spiro atoms. The van der Waals surface area contributed by atoms with E-state index in [9.17, 15) is 18.4 Å². The summed E-state index contributed by atoms with van der Waals surface area (Å²) in [4.78, 5) is 26.7. The van der Waals surface area contributed by atoms with Crippen LogP contribution in [0.2, 0.25) is 0 Å². The van der Waals surface area contributed by atoms with Gasteiger partial charge in [-0.1, -0.05) is 12.6 Å². The number of carbonyl (C=O) groups excluding carboxylic acids is 1. The molecular formula is C28H24F2N2O4. The number of fused-ring (bicyclic) bond motifs is 1. The number of H-pyrrole nitrogens is 1. The molecule has 0 saturated heterocycles. The smallest absolute Gasteiger partial charge is 0.303 e. The van der Waals surface area contributed by atoms with Crippen molar-refractivity contribution < 1.29 is 28.2 Å². The number of amides is 1. The van der Waals surface area contributed by atoms with Crippen LogP contribution in [-0.2, 0) is 11.2 Å². The number of halogens is 2. The van der Waals surface area contributed by atoms with Gasteiger partial charge in [-0.25, -0.2) is 8.78 Å². The quantitative estimate of drug-likeness (QED) is 0.271. The second-order valence-electron chi connectivity index (χ2n) is 8.51. The van der Waals surface area contributed by atoms with Crippen LogP contribution in [0.3, 0.4) is 0 Å². The second-order valence-corrected chi connectivity index (χ2v) is 8.51. The molecule has 0 fully saturated rings. The van der Waals surface area contributed by atoms with Crippen LogP contribution in [0.1, 0.15) is 39.2 Å². The molecule has 0 atom stereocenters. The molecule has 0 saturated carbocycles. The lowest BCUT2D eigenvalue weighted by molar-refractivity contribution is -0.136. The van der Waals surface area contributed by atoms with Gasteiger partial charge in [0, 0.05) is 34.7 Å². The summed E-state index contributed by atoms with van der Waals surface area (Å²) in [5.41, 5.74) is 3.67. The third-order valence-electron chi connectivity index (χ3n) is 5.89.